The van der Waals surface area contributed by atoms with Gasteiger partial charge in [0.1, 0.15) is 17.6 Å². The van der Waals surface area contributed by atoms with Crippen LogP contribution in [0.25, 0.3) is 0 Å². The standard InChI is InChI=1S/C10H11N3O3/c1-16-8(10(14)15)6-12-9-4-2-3-7(5-11)13-9/h2-4,8H,6H2,1H3,(H,12,13)(H,14,15). The minimum Gasteiger partial charge on any atom is -0.479 e. The molecule has 0 aliphatic heterocycles. The number of methoxy groups -OCH3 is 1. The number of aliphatic carboxylic acids is 1. The van der Waals surface area contributed by atoms with E-state index in [1.807, 2.05) is 6.07 Å². The fourth-order valence-electron chi connectivity index (χ4n) is 1.06. The van der Waals surface area contributed by atoms with Gasteiger partial charge in [-0.15, -0.1) is 0 Å². The SMILES string of the molecule is COC(CNc1cccc(C#N)n1)C(=O)O. The highest BCUT2D eigenvalue weighted by molar-refractivity contribution is 5.73. The number of carbonyl (C=O) groups is 1. The second kappa shape index (κ2) is 5.68. The molecule has 0 saturated carbocycles. The van der Waals surface area contributed by atoms with E-state index in [1.165, 1.54) is 7.11 Å². The van der Waals surface area contributed by atoms with Gasteiger partial charge in [0.2, 0.25) is 0 Å². The summed E-state index contributed by atoms with van der Waals surface area (Å²) in [6.07, 6.45) is -0.937. The van der Waals surface area contributed by atoms with E-state index in [0.29, 0.717) is 5.82 Å². The van der Waals surface area contributed by atoms with Crippen molar-refractivity contribution in [3.05, 3.63) is 23.9 Å². The van der Waals surface area contributed by atoms with Crippen LogP contribution in [0.5, 0.6) is 0 Å². The van der Waals surface area contributed by atoms with Gasteiger partial charge in [-0.3, -0.25) is 0 Å². The van der Waals surface area contributed by atoms with Gasteiger partial charge in [0.05, 0.1) is 6.54 Å². The van der Waals surface area contributed by atoms with E-state index in [1.54, 1.807) is 18.2 Å². The Kier molecular flexibility index (Phi) is 4.24. The van der Waals surface area contributed by atoms with Crippen LogP contribution in [0.2, 0.25) is 0 Å². The van der Waals surface area contributed by atoms with Crippen LogP contribution in [0.3, 0.4) is 0 Å². The van der Waals surface area contributed by atoms with Gasteiger partial charge in [0, 0.05) is 7.11 Å². The molecule has 6 heteroatoms. The average Bonchev–Trinajstić information content (AvgIpc) is 2.29. The normalized spacial score (nSPS) is 11.5. The predicted octanol–water partition coefficient (Wildman–Crippen LogP) is 0.465. The van der Waals surface area contributed by atoms with Gasteiger partial charge in [-0.05, 0) is 12.1 Å². The Balaban J connectivity index is 2.60. The van der Waals surface area contributed by atoms with E-state index >= 15 is 0 Å². The molecule has 84 valence electrons. The molecule has 0 spiro atoms. The smallest absolute Gasteiger partial charge is 0.334 e. The third-order valence-corrected chi connectivity index (χ3v) is 1.89. The minimum absolute atomic E-state index is 0.0910. The lowest BCUT2D eigenvalue weighted by atomic mass is 10.3. The molecular formula is C10H11N3O3. The van der Waals surface area contributed by atoms with Gasteiger partial charge in [0.15, 0.2) is 6.10 Å². The first-order valence-corrected chi connectivity index (χ1v) is 4.54. The molecule has 0 radical (unpaired) electrons. The molecule has 0 bridgehead atoms. The largest absolute Gasteiger partial charge is 0.479 e. The molecule has 0 aliphatic carbocycles. The fraction of sp³-hybridized carbons (Fsp3) is 0.300. The topological polar surface area (TPSA) is 95.2 Å². The molecule has 1 atom stereocenters. The molecule has 1 aromatic rings. The van der Waals surface area contributed by atoms with Crippen molar-refractivity contribution in [3.63, 3.8) is 0 Å². The number of aromatic nitrogens is 1. The molecule has 1 rings (SSSR count). The monoisotopic (exact) mass is 221 g/mol. The summed E-state index contributed by atoms with van der Waals surface area (Å²) in [4.78, 5) is 14.6. The highest BCUT2D eigenvalue weighted by atomic mass is 16.5. The molecule has 0 fully saturated rings. The van der Waals surface area contributed by atoms with E-state index in [2.05, 4.69) is 10.3 Å². The number of hydrogen-bond donors (Lipinski definition) is 2. The number of carboxylic acid groups (broad SMARTS) is 1. The Bertz CT molecular complexity index is 414. The molecular weight excluding hydrogens is 210 g/mol. The lowest BCUT2D eigenvalue weighted by Gasteiger charge is -2.11. The Morgan fingerprint density at radius 1 is 1.75 bits per heavy atom. The Morgan fingerprint density at radius 3 is 3.06 bits per heavy atom. The highest BCUT2D eigenvalue weighted by Crippen LogP contribution is 2.04. The fourth-order valence-corrected chi connectivity index (χ4v) is 1.06. The van der Waals surface area contributed by atoms with Crippen molar-refractivity contribution < 1.29 is 14.6 Å². The lowest BCUT2D eigenvalue weighted by Crippen LogP contribution is -2.30. The van der Waals surface area contributed by atoms with Crippen LogP contribution in [-0.2, 0) is 9.53 Å². The van der Waals surface area contributed by atoms with Crippen molar-refractivity contribution in [1.82, 2.24) is 4.98 Å². The maximum absolute atomic E-state index is 10.6. The third kappa shape index (κ3) is 3.22. The van der Waals surface area contributed by atoms with Crippen molar-refractivity contribution >= 4 is 11.8 Å². The van der Waals surface area contributed by atoms with Crippen LogP contribution < -0.4 is 5.32 Å². The van der Waals surface area contributed by atoms with E-state index in [0.717, 1.165) is 0 Å². The Labute approximate surface area is 92.5 Å². The number of nitrogens with one attached hydrogen (secondary N) is 1. The number of rotatable bonds is 5. The van der Waals surface area contributed by atoms with Gasteiger partial charge in [-0.25, -0.2) is 9.78 Å². The average molecular weight is 221 g/mol. The van der Waals surface area contributed by atoms with E-state index in [4.69, 9.17) is 15.1 Å². The van der Waals surface area contributed by atoms with Gasteiger partial charge in [-0.2, -0.15) is 5.26 Å². The van der Waals surface area contributed by atoms with Crippen LogP contribution in [0.4, 0.5) is 5.82 Å². The minimum atomic E-state index is -1.05. The molecule has 1 heterocycles. The number of nitrogens with zero attached hydrogens (tertiary/aromatic N) is 2. The number of ether oxygens (including phenoxy) is 1. The van der Waals surface area contributed by atoms with Crippen molar-refractivity contribution in [1.29, 1.82) is 5.26 Å². The Hall–Kier alpha value is -2.13. The van der Waals surface area contributed by atoms with Crippen LogP contribution in [0.1, 0.15) is 5.69 Å². The number of carboxylic acids is 1. The maximum atomic E-state index is 10.6. The predicted molar refractivity (Wildman–Crippen MR) is 55.9 cm³/mol. The summed E-state index contributed by atoms with van der Waals surface area (Å²) >= 11 is 0. The summed E-state index contributed by atoms with van der Waals surface area (Å²) in [5.74, 6) is -0.603. The van der Waals surface area contributed by atoms with Crippen LogP contribution in [0, 0.1) is 11.3 Å². The summed E-state index contributed by atoms with van der Waals surface area (Å²) in [7, 11) is 1.32. The first-order chi connectivity index (χ1) is 7.67. The summed E-state index contributed by atoms with van der Waals surface area (Å²) in [5, 5.41) is 20.1. The quantitative estimate of drug-likeness (QED) is 0.750. The van der Waals surface area contributed by atoms with Crippen molar-refractivity contribution in [2.45, 2.75) is 6.10 Å². The molecule has 6 nitrogen and oxygen atoms in total. The van der Waals surface area contributed by atoms with E-state index < -0.39 is 12.1 Å². The Morgan fingerprint density at radius 2 is 2.50 bits per heavy atom. The van der Waals surface area contributed by atoms with Gasteiger partial charge in [-0.1, -0.05) is 6.07 Å². The molecule has 0 aliphatic rings. The summed E-state index contributed by atoms with van der Waals surface area (Å²) in [6.45, 7) is 0.0910. The van der Waals surface area contributed by atoms with Crippen LogP contribution in [-0.4, -0.2) is 35.8 Å². The zero-order chi connectivity index (χ0) is 12.0. The molecule has 0 amide bonds. The zero-order valence-corrected chi connectivity index (χ0v) is 8.67. The van der Waals surface area contributed by atoms with Crippen molar-refractivity contribution in [2.75, 3.05) is 19.0 Å². The molecule has 16 heavy (non-hydrogen) atoms. The summed E-state index contributed by atoms with van der Waals surface area (Å²) < 4.78 is 4.74. The number of anilines is 1. The molecule has 2 N–H and O–H groups in total. The molecule has 0 aromatic carbocycles. The highest BCUT2D eigenvalue weighted by Gasteiger charge is 2.15. The zero-order valence-electron chi connectivity index (χ0n) is 8.67. The molecule has 1 unspecified atom stereocenters. The van der Waals surface area contributed by atoms with E-state index in [9.17, 15) is 4.79 Å². The molecule has 0 saturated heterocycles. The lowest BCUT2D eigenvalue weighted by molar-refractivity contribution is -0.147. The second-order valence-electron chi connectivity index (χ2n) is 2.96. The summed E-state index contributed by atoms with van der Waals surface area (Å²) in [5.41, 5.74) is 0.272. The van der Waals surface area contributed by atoms with Crippen LogP contribution >= 0.6 is 0 Å². The van der Waals surface area contributed by atoms with E-state index in [-0.39, 0.29) is 12.2 Å². The van der Waals surface area contributed by atoms with Crippen molar-refractivity contribution in [2.24, 2.45) is 0 Å². The first-order valence-electron chi connectivity index (χ1n) is 4.54. The summed E-state index contributed by atoms with van der Waals surface area (Å²) in [6, 6.07) is 6.77. The maximum Gasteiger partial charge on any atom is 0.334 e. The third-order valence-electron chi connectivity index (χ3n) is 1.89. The van der Waals surface area contributed by atoms with Gasteiger partial charge in [0.25, 0.3) is 0 Å². The van der Waals surface area contributed by atoms with Gasteiger partial charge < -0.3 is 15.2 Å². The van der Waals surface area contributed by atoms with Crippen molar-refractivity contribution in [3.8, 4) is 6.07 Å². The number of hydrogen-bond acceptors (Lipinski definition) is 5. The van der Waals surface area contributed by atoms with Crippen LogP contribution in [0.15, 0.2) is 18.2 Å². The number of pyridine rings is 1. The molecule has 1 aromatic heterocycles. The number of nitriles is 1. The van der Waals surface area contributed by atoms with Gasteiger partial charge >= 0.3 is 5.97 Å². The first kappa shape index (κ1) is 11.9. The second-order valence-corrected chi connectivity index (χ2v) is 2.96.